The van der Waals surface area contributed by atoms with Gasteiger partial charge in [0.2, 0.25) is 0 Å². The minimum atomic E-state index is -0.299. The van der Waals surface area contributed by atoms with E-state index in [-0.39, 0.29) is 11.7 Å². The van der Waals surface area contributed by atoms with Gasteiger partial charge in [0.05, 0.1) is 19.7 Å². The molecule has 6 heteroatoms. The number of ether oxygens (including phenoxy) is 3. The molecule has 26 heavy (non-hydrogen) atoms. The van der Waals surface area contributed by atoms with Crippen molar-refractivity contribution in [3.63, 3.8) is 0 Å². The number of amides is 1. The molecule has 0 bridgehead atoms. The zero-order chi connectivity index (χ0) is 17.8. The molecule has 1 atom stereocenters. The lowest BCUT2D eigenvalue weighted by Crippen LogP contribution is -2.48. The molecule has 0 saturated carbocycles. The highest BCUT2D eigenvalue weighted by Crippen LogP contribution is 2.33. The van der Waals surface area contributed by atoms with Gasteiger partial charge in [0.25, 0.3) is 0 Å². The van der Waals surface area contributed by atoms with E-state index in [2.05, 4.69) is 4.90 Å². The van der Waals surface area contributed by atoms with Crippen LogP contribution in [0.15, 0.2) is 30.3 Å². The van der Waals surface area contributed by atoms with Gasteiger partial charge in [0.1, 0.15) is 18.0 Å². The van der Waals surface area contributed by atoms with Crippen molar-refractivity contribution < 1.29 is 19.0 Å². The largest absolute Gasteiger partial charge is 0.492 e. The standard InChI is InChI=1S/C20H28N2O4/c23-19-22(11-13-25-18-4-2-1-3-5-18)16-20(26-19)7-9-21(10-8-20)14-17-6-12-24-15-17/h1-5,17H,6-16H2/t17-/m0/s1. The van der Waals surface area contributed by atoms with Crippen LogP contribution in [-0.2, 0) is 9.47 Å². The molecule has 3 aliphatic rings. The first kappa shape index (κ1) is 17.6. The molecule has 3 heterocycles. The molecule has 3 aliphatic heterocycles. The van der Waals surface area contributed by atoms with Gasteiger partial charge in [-0.2, -0.15) is 0 Å². The third-order valence-electron chi connectivity index (χ3n) is 5.72. The highest BCUT2D eigenvalue weighted by atomic mass is 16.6. The first-order valence-electron chi connectivity index (χ1n) is 9.68. The van der Waals surface area contributed by atoms with Gasteiger partial charge in [-0.05, 0) is 24.5 Å². The maximum Gasteiger partial charge on any atom is 0.410 e. The molecule has 0 aliphatic carbocycles. The minimum absolute atomic E-state index is 0.195. The monoisotopic (exact) mass is 360 g/mol. The van der Waals surface area contributed by atoms with Crippen LogP contribution >= 0.6 is 0 Å². The van der Waals surface area contributed by atoms with Gasteiger partial charge in [-0.25, -0.2) is 4.79 Å². The smallest absolute Gasteiger partial charge is 0.410 e. The fourth-order valence-corrected chi connectivity index (χ4v) is 4.15. The lowest BCUT2D eigenvalue weighted by Gasteiger charge is -2.38. The molecule has 0 aromatic heterocycles. The Bertz CT molecular complexity index is 595. The molecule has 6 nitrogen and oxygen atoms in total. The van der Waals surface area contributed by atoms with Gasteiger partial charge in [0, 0.05) is 39.1 Å². The zero-order valence-electron chi connectivity index (χ0n) is 15.3. The van der Waals surface area contributed by atoms with E-state index in [9.17, 15) is 4.79 Å². The molecule has 1 aromatic rings. The summed E-state index contributed by atoms with van der Waals surface area (Å²) < 4.78 is 17.0. The van der Waals surface area contributed by atoms with E-state index in [4.69, 9.17) is 14.2 Å². The summed E-state index contributed by atoms with van der Waals surface area (Å²) in [7, 11) is 0. The summed E-state index contributed by atoms with van der Waals surface area (Å²) in [5, 5.41) is 0. The first-order chi connectivity index (χ1) is 12.7. The lowest BCUT2D eigenvalue weighted by molar-refractivity contribution is -0.00293. The fourth-order valence-electron chi connectivity index (χ4n) is 4.15. The van der Waals surface area contributed by atoms with Gasteiger partial charge in [0.15, 0.2) is 0 Å². The van der Waals surface area contributed by atoms with Gasteiger partial charge in [-0.1, -0.05) is 18.2 Å². The average Bonchev–Trinajstić information content (AvgIpc) is 3.27. The van der Waals surface area contributed by atoms with Crippen molar-refractivity contribution in [3.8, 4) is 5.75 Å². The van der Waals surface area contributed by atoms with Gasteiger partial charge in [-0.3, -0.25) is 0 Å². The second-order valence-electron chi connectivity index (χ2n) is 7.66. The molecular formula is C20H28N2O4. The second kappa shape index (κ2) is 7.84. The average molecular weight is 360 g/mol. The molecule has 1 spiro atoms. The molecular weight excluding hydrogens is 332 g/mol. The maximum atomic E-state index is 12.3. The molecule has 0 N–H and O–H groups in total. The molecule has 3 fully saturated rings. The number of benzene rings is 1. The Kier molecular flexibility index (Phi) is 5.31. The summed E-state index contributed by atoms with van der Waals surface area (Å²) in [4.78, 5) is 16.6. The number of carbonyl (C=O) groups is 1. The summed E-state index contributed by atoms with van der Waals surface area (Å²) in [6, 6.07) is 9.70. The number of piperidine rings is 1. The Morgan fingerprint density at radius 2 is 2.00 bits per heavy atom. The van der Waals surface area contributed by atoms with Gasteiger partial charge in [-0.15, -0.1) is 0 Å². The summed E-state index contributed by atoms with van der Waals surface area (Å²) in [5.74, 6) is 1.50. The quantitative estimate of drug-likeness (QED) is 0.780. The van der Waals surface area contributed by atoms with Crippen molar-refractivity contribution in [2.75, 3.05) is 52.5 Å². The van der Waals surface area contributed by atoms with Crippen molar-refractivity contribution in [1.82, 2.24) is 9.80 Å². The van der Waals surface area contributed by atoms with Crippen LogP contribution in [0.5, 0.6) is 5.75 Å². The van der Waals surface area contributed by atoms with Crippen LogP contribution in [0.3, 0.4) is 0 Å². The second-order valence-corrected chi connectivity index (χ2v) is 7.66. The SMILES string of the molecule is O=C1OC2(CCN(C[C@@H]3CCOC3)CC2)CN1CCOc1ccccc1. The number of hydrogen-bond acceptors (Lipinski definition) is 5. The first-order valence-corrected chi connectivity index (χ1v) is 9.68. The molecule has 0 unspecified atom stereocenters. The van der Waals surface area contributed by atoms with E-state index >= 15 is 0 Å². The number of rotatable bonds is 6. The van der Waals surface area contributed by atoms with Crippen molar-refractivity contribution in [2.45, 2.75) is 24.9 Å². The van der Waals surface area contributed by atoms with Crippen LogP contribution in [0.2, 0.25) is 0 Å². The highest BCUT2D eigenvalue weighted by molar-refractivity contribution is 5.70. The predicted octanol–water partition coefficient (Wildman–Crippen LogP) is 2.39. The molecule has 142 valence electrons. The molecule has 4 rings (SSSR count). The third-order valence-corrected chi connectivity index (χ3v) is 5.72. The fraction of sp³-hybridized carbons (Fsp3) is 0.650. The zero-order valence-corrected chi connectivity index (χ0v) is 15.3. The topological polar surface area (TPSA) is 51.2 Å². The van der Waals surface area contributed by atoms with Crippen LogP contribution in [0.25, 0.3) is 0 Å². The van der Waals surface area contributed by atoms with Crippen molar-refractivity contribution in [2.24, 2.45) is 5.92 Å². The van der Waals surface area contributed by atoms with Gasteiger partial charge >= 0.3 is 6.09 Å². The third kappa shape index (κ3) is 4.13. The molecule has 3 saturated heterocycles. The van der Waals surface area contributed by atoms with Crippen molar-refractivity contribution in [1.29, 1.82) is 0 Å². The Morgan fingerprint density at radius 3 is 2.73 bits per heavy atom. The Morgan fingerprint density at radius 1 is 1.19 bits per heavy atom. The van der Waals surface area contributed by atoms with E-state index in [1.54, 1.807) is 4.90 Å². The van der Waals surface area contributed by atoms with Crippen molar-refractivity contribution in [3.05, 3.63) is 30.3 Å². The van der Waals surface area contributed by atoms with Crippen LogP contribution in [0, 0.1) is 5.92 Å². The number of likely N-dealkylation sites (tertiary alicyclic amines) is 1. The Balaban J connectivity index is 1.22. The van der Waals surface area contributed by atoms with Gasteiger partial charge < -0.3 is 24.0 Å². The lowest BCUT2D eigenvalue weighted by atomic mass is 9.90. The van der Waals surface area contributed by atoms with E-state index in [0.29, 0.717) is 25.6 Å². The predicted molar refractivity (Wildman–Crippen MR) is 97.3 cm³/mol. The molecule has 0 radical (unpaired) electrons. The Labute approximate surface area is 155 Å². The minimum Gasteiger partial charge on any atom is -0.492 e. The van der Waals surface area contributed by atoms with E-state index in [1.807, 2.05) is 30.3 Å². The summed E-state index contributed by atoms with van der Waals surface area (Å²) in [6.07, 6.45) is 2.82. The Hall–Kier alpha value is -1.79. The van der Waals surface area contributed by atoms with E-state index in [0.717, 1.165) is 51.4 Å². The van der Waals surface area contributed by atoms with E-state index in [1.165, 1.54) is 6.42 Å². The maximum absolute atomic E-state index is 12.3. The van der Waals surface area contributed by atoms with Crippen LogP contribution in [-0.4, -0.2) is 74.0 Å². The van der Waals surface area contributed by atoms with Crippen molar-refractivity contribution >= 4 is 6.09 Å². The summed E-state index contributed by atoms with van der Waals surface area (Å²) in [6.45, 7) is 6.65. The number of para-hydroxylation sites is 1. The van der Waals surface area contributed by atoms with Crippen LogP contribution in [0.1, 0.15) is 19.3 Å². The molecule has 1 amide bonds. The number of carbonyl (C=O) groups excluding carboxylic acids is 1. The number of nitrogens with zero attached hydrogens (tertiary/aromatic N) is 2. The van der Waals surface area contributed by atoms with E-state index < -0.39 is 0 Å². The summed E-state index contributed by atoms with van der Waals surface area (Å²) in [5.41, 5.74) is -0.299. The number of hydrogen-bond donors (Lipinski definition) is 0. The molecule has 1 aromatic carbocycles. The van der Waals surface area contributed by atoms with Crippen LogP contribution < -0.4 is 4.74 Å². The summed E-state index contributed by atoms with van der Waals surface area (Å²) >= 11 is 0. The highest BCUT2D eigenvalue weighted by Gasteiger charge is 2.46. The van der Waals surface area contributed by atoms with Crippen LogP contribution in [0.4, 0.5) is 4.79 Å². The normalized spacial score (nSPS) is 25.6.